The molecule has 4 nitrogen and oxygen atoms in total. The topological polar surface area (TPSA) is 56.5 Å². The highest BCUT2D eigenvalue weighted by molar-refractivity contribution is 5.65. The molecule has 0 saturated heterocycles. The first-order valence-electron chi connectivity index (χ1n) is 8.09. The molecule has 0 spiro atoms. The first-order valence-corrected chi connectivity index (χ1v) is 8.09. The molecule has 0 saturated carbocycles. The van der Waals surface area contributed by atoms with Gasteiger partial charge in [0.1, 0.15) is 5.65 Å². The molecular weight excluding hydrogens is 274 g/mol. The summed E-state index contributed by atoms with van der Waals surface area (Å²) in [5.74, 6) is 0. The number of hydrogen-bond acceptors (Lipinski definition) is 3. The Labute approximate surface area is 131 Å². The number of aryl methyl sites for hydroxylation is 1. The SMILES string of the molecule is NCCCCCCCc1c(-c2ccoc2)nc2ccccn12. The molecule has 0 radical (unpaired) electrons. The highest BCUT2D eigenvalue weighted by atomic mass is 16.3. The van der Waals surface area contributed by atoms with Gasteiger partial charge >= 0.3 is 0 Å². The minimum absolute atomic E-state index is 0.803. The second-order valence-corrected chi connectivity index (χ2v) is 5.65. The molecule has 0 atom stereocenters. The van der Waals surface area contributed by atoms with Crippen LogP contribution in [-0.4, -0.2) is 15.9 Å². The van der Waals surface area contributed by atoms with E-state index in [0.29, 0.717) is 0 Å². The van der Waals surface area contributed by atoms with Crippen LogP contribution in [0.3, 0.4) is 0 Å². The lowest BCUT2D eigenvalue weighted by Crippen LogP contribution is -1.98. The third kappa shape index (κ3) is 3.22. The normalized spacial score (nSPS) is 11.3. The van der Waals surface area contributed by atoms with E-state index in [1.807, 2.05) is 18.2 Å². The molecule has 0 unspecified atom stereocenters. The van der Waals surface area contributed by atoms with Gasteiger partial charge in [-0.05, 0) is 44.0 Å². The largest absolute Gasteiger partial charge is 0.472 e. The van der Waals surface area contributed by atoms with Gasteiger partial charge in [-0.15, -0.1) is 0 Å². The zero-order chi connectivity index (χ0) is 15.2. The molecule has 0 bridgehead atoms. The summed E-state index contributed by atoms with van der Waals surface area (Å²) in [4.78, 5) is 4.77. The van der Waals surface area contributed by atoms with Crippen molar-refractivity contribution in [3.05, 3.63) is 48.7 Å². The van der Waals surface area contributed by atoms with Crippen LogP contribution in [0, 0.1) is 0 Å². The van der Waals surface area contributed by atoms with Gasteiger partial charge in [0.25, 0.3) is 0 Å². The van der Waals surface area contributed by atoms with Crippen LogP contribution in [0.15, 0.2) is 47.4 Å². The lowest BCUT2D eigenvalue weighted by molar-refractivity contribution is 0.568. The smallest absolute Gasteiger partial charge is 0.137 e. The molecular formula is C18H23N3O. The predicted molar refractivity (Wildman–Crippen MR) is 88.7 cm³/mol. The molecule has 0 aromatic carbocycles. The Morgan fingerprint density at radius 3 is 2.73 bits per heavy atom. The number of unbranched alkanes of at least 4 members (excludes halogenated alkanes) is 4. The Kier molecular flexibility index (Phi) is 4.91. The molecule has 0 aliphatic rings. The zero-order valence-electron chi connectivity index (χ0n) is 12.9. The summed E-state index contributed by atoms with van der Waals surface area (Å²) >= 11 is 0. The highest BCUT2D eigenvalue weighted by Gasteiger charge is 2.14. The summed E-state index contributed by atoms with van der Waals surface area (Å²) in [6.45, 7) is 0.803. The van der Waals surface area contributed by atoms with Crippen LogP contribution in [0.2, 0.25) is 0 Å². The van der Waals surface area contributed by atoms with E-state index in [2.05, 4.69) is 16.7 Å². The van der Waals surface area contributed by atoms with E-state index in [1.54, 1.807) is 12.5 Å². The minimum atomic E-state index is 0.803. The van der Waals surface area contributed by atoms with E-state index >= 15 is 0 Å². The predicted octanol–water partition coefficient (Wildman–Crippen LogP) is 4.05. The van der Waals surface area contributed by atoms with Crippen molar-refractivity contribution in [3.63, 3.8) is 0 Å². The summed E-state index contributed by atoms with van der Waals surface area (Å²) in [7, 11) is 0. The van der Waals surface area contributed by atoms with Gasteiger partial charge in [0.05, 0.1) is 23.9 Å². The molecule has 3 heterocycles. The number of nitrogens with two attached hydrogens (primary N) is 1. The molecule has 3 aromatic heterocycles. The first-order chi connectivity index (χ1) is 10.9. The van der Waals surface area contributed by atoms with Gasteiger partial charge < -0.3 is 14.6 Å². The molecule has 0 aliphatic heterocycles. The summed E-state index contributed by atoms with van der Waals surface area (Å²) < 4.78 is 7.43. The van der Waals surface area contributed by atoms with Gasteiger partial charge in [0.15, 0.2) is 0 Å². The maximum absolute atomic E-state index is 5.54. The monoisotopic (exact) mass is 297 g/mol. The third-order valence-electron chi connectivity index (χ3n) is 4.04. The maximum atomic E-state index is 5.54. The van der Waals surface area contributed by atoms with Crippen LogP contribution < -0.4 is 5.73 Å². The Bertz CT molecular complexity index is 700. The van der Waals surface area contributed by atoms with Gasteiger partial charge in [-0.25, -0.2) is 4.98 Å². The van der Waals surface area contributed by atoms with E-state index < -0.39 is 0 Å². The molecule has 0 amide bonds. The fourth-order valence-corrected chi connectivity index (χ4v) is 2.88. The molecule has 116 valence electrons. The van der Waals surface area contributed by atoms with Crippen molar-refractivity contribution in [3.8, 4) is 11.3 Å². The molecule has 4 heteroatoms. The maximum Gasteiger partial charge on any atom is 0.137 e. The van der Waals surface area contributed by atoms with E-state index in [0.717, 1.165) is 36.3 Å². The minimum Gasteiger partial charge on any atom is -0.472 e. The lowest BCUT2D eigenvalue weighted by Gasteiger charge is -2.04. The van der Waals surface area contributed by atoms with E-state index in [1.165, 1.54) is 31.4 Å². The summed E-state index contributed by atoms with van der Waals surface area (Å²) in [6, 6.07) is 8.11. The lowest BCUT2D eigenvalue weighted by atomic mass is 10.1. The number of nitrogens with zero attached hydrogens (tertiary/aromatic N) is 2. The number of imidazole rings is 1. The van der Waals surface area contributed by atoms with Crippen molar-refractivity contribution in [1.82, 2.24) is 9.38 Å². The van der Waals surface area contributed by atoms with Gasteiger partial charge in [0, 0.05) is 11.8 Å². The number of hydrogen-bond donors (Lipinski definition) is 1. The van der Waals surface area contributed by atoms with Crippen LogP contribution in [-0.2, 0) is 6.42 Å². The second-order valence-electron chi connectivity index (χ2n) is 5.65. The highest BCUT2D eigenvalue weighted by Crippen LogP contribution is 2.26. The number of furan rings is 1. The van der Waals surface area contributed by atoms with Gasteiger partial charge in [-0.3, -0.25) is 0 Å². The molecule has 3 aromatic rings. The Morgan fingerprint density at radius 1 is 1.05 bits per heavy atom. The molecule has 22 heavy (non-hydrogen) atoms. The quantitative estimate of drug-likeness (QED) is 0.638. The van der Waals surface area contributed by atoms with Gasteiger partial charge in [-0.2, -0.15) is 0 Å². The van der Waals surface area contributed by atoms with Gasteiger partial charge in [0.2, 0.25) is 0 Å². The van der Waals surface area contributed by atoms with Crippen molar-refractivity contribution >= 4 is 5.65 Å². The fourth-order valence-electron chi connectivity index (χ4n) is 2.88. The average Bonchev–Trinajstić information content (AvgIpc) is 3.18. The Balaban J connectivity index is 1.76. The van der Waals surface area contributed by atoms with Crippen LogP contribution in [0.4, 0.5) is 0 Å². The number of rotatable bonds is 8. The fraction of sp³-hybridized carbons (Fsp3) is 0.389. The van der Waals surface area contributed by atoms with Crippen LogP contribution >= 0.6 is 0 Å². The van der Waals surface area contributed by atoms with Crippen molar-refractivity contribution in [2.24, 2.45) is 5.73 Å². The van der Waals surface area contributed by atoms with Gasteiger partial charge in [-0.1, -0.05) is 25.3 Å². The van der Waals surface area contributed by atoms with Crippen LogP contribution in [0.1, 0.15) is 37.8 Å². The van der Waals surface area contributed by atoms with E-state index in [9.17, 15) is 0 Å². The standard InChI is InChI=1S/C18H23N3O/c19-11-6-3-1-2-4-8-16-18(15-10-13-22-14-15)20-17-9-5-7-12-21(16)17/h5,7,9-10,12-14H,1-4,6,8,11,19H2. The van der Waals surface area contributed by atoms with E-state index in [4.69, 9.17) is 15.1 Å². The summed E-state index contributed by atoms with van der Waals surface area (Å²) in [5, 5.41) is 0. The Hall–Kier alpha value is -2.07. The van der Waals surface area contributed by atoms with Crippen molar-refractivity contribution in [1.29, 1.82) is 0 Å². The molecule has 2 N–H and O–H groups in total. The van der Waals surface area contributed by atoms with Crippen molar-refractivity contribution in [2.45, 2.75) is 38.5 Å². The number of aromatic nitrogens is 2. The van der Waals surface area contributed by atoms with E-state index in [-0.39, 0.29) is 0 Å². The van der Waals surface area contributed by atoms with Crippen LogP contribution in [0.25, 0.3) is 16.9 Å². The molecule has 0 aliphatic carbocycles. The molecule has 0 fully saturated rings. The second kappa shape index (κ2) is 7.27. The first kappa shape index (κ1) is 14.9. The van der Waals surface area contributed by atoms with Crippen molar-refractivity contribution in [2.75, 3.05) is 6.54 Å². The summed E-state index contributed by atoms with van der Waals surface area (Å²) in [5.41, 5.74) is 9.91. The Morgan fingerprint density at radius 2 is 1.91 bits per heavy atom. The molecule has 3 rings (SSSR count). The third-order valence-corrected chi connectivity index (χ3v) is 4.04. The summed E-state index contributed by atoms with van der Waals surface area (Å²) in [6.07, 6.45) is 12.7. The zero-order valence-corrected chi connectivity index (χ0v) is 12.9. The number of fused-ring (bicyclic) bond motifs is 1. The van der Waals surface area contributed by atoms with Crippen molar-refractivity contribution < 1.29 is 4.42 Å². The number of pyridine rings is 1. The average molecular weight is 297 g/mol. The van der Waals surface area contributed by atoms with Crippen LogP contribution in [0.5, 0.6) is 0 Å².